The Morgan fingerprint density at radius 3 is 2.86 bits per heavy atom. The standard InChI is InChI=1S/C11H14BrNO/c1-6-5-7-8(12)3-4-9(14-2)10(7)11(6)13/h3-4,6,11H,5,13H2,1-2H3. The molecule has 0 saturated carbocycles. The molecule has 2 unspecified atom stereocenters. The van der Waals surface area contributed by atoms with E-state index in [2.05, 4.69) is 22.9 Å². The van der Waals surface area contributed by atoms with Gasteiger partial charge >= 0.3 is 0 Å². The summed E-state index contributed by atoms with van der Waals surface area (Å²) < 4.78 is 6.48. The minimum absolute atomic E-state index is 0.109. The fourth-order valence-electron chi connectivity index (χ4n) is 2.10. The van der Waals surface area contributed by atoms with Gasteiger partial charge in [0.05, 0.1) is 7.11 Å². The molecule has 2 nitrogen and oxygen atoms in total. The molecular weight excluding hydrogens is 242 g/mol. The number of halogens is 1. The first-order valence-corrected chi connectivity index (χ1v) is 5.55. The molecule has 2 rings (SSSR count). The summed E-state index contributed by atoms with van der Waals surface area (Å²) in [5.74, 6) is 1.41. The summed E-state index contributed by atoms with van der Waals surface area (Å²) in [6, 6.07) is 4.11. The number of nitrogens with two attached hydrogens (primary N) is 1. The number of hydrogen-bond acceptors (Lipinski definition) is 2. The molecule has 0 spiro atoms. The molecule has 0 heterocycles. The SMILES string of the molecule is COc1ccc(Br)c2c1C(N)C(C)C2. The average molecular weight is 256 g/mol. The van der Waals surface area contributed by atoms with E-state index in [0.717, 1.165) is 16.6 Å². The van der Waals surface area contributed by atoms with Crippen molar-refractivity contribution in [3.63, 3.8) is 0 Å². The molecular formula is C11H14BrNO. The van der Waals surface area contributed by atoms with Gasteiger partial charge in [-0.1, -0.05) is 22.9 Å². The van der Waals surface area contributed by atoms with Crippen LogP contribution in [0.5, 0.6) is 5.75 Å². The molecule has 14 heavy (non-hydrogen) atoms. The number of benzene rings is 1. The van der Waals surface area contributed by atoms with Crippen molar-refractivity contribution in [3.05, 3.63) is 27.7 Å². The molecule has 2 atom stereocenters. The predicted molar refractivity (Wildman–Crippen MR) is 60.5 cm³/mol. The van der Waals surface area contributed by atoms with Gasteiger partial charge in [0.15, 0.2) is 0 Å². The van der Waals surface area contributed by atoms with E-state index in [1.165, 1.54) is 11.1 Å². The third-order valence-corrected chi connectivity index (χ3v) is 3.70. The highest BCUT2D eigenvalue weighted by Crippen LogP contribution is 2.43. The normalized spacial score (nSPS) is 24.9. The van der Waals surface area contributed by atoms with E-state index < -0.39 is 0 Å². The predicted octanol–water partition coefficient (Wildman–Crippen LogP) is 2.65. The Hall–Kier alpha value is -0.540. The van der Waals surface area contributed by atoms with Crippen LogP contribution in [0.1, 0.15) is 24.1 Å². The fourth-order valence-corrected chi connectivity index (χ4v) is 2.61. The van der Waals surface area contributed by atoms with Gasteiger partial charge in [-0.25, -0.2) is 0 Å². The second-order valence-electron chi connectivity index (χ2n) is 3.85. The molecule has 1 aromatic rings. The van der Waals surface area contributed by atoms with Crippen molar-refractivity contribution in [2.24, 2.45) is 11.7 Å². The Balaban J connectivity index is 2.59. The quantitative estimate of drug-likeness (QED) is 0.838. The second-order valence-corrected chi connectivity index (χ2v) is 4.70. The maximum absolute atomic E-state index is 6.13. The van der Waals surface area contributed by atoms with Crippen LogP contribution in [-0.2, 0) is 6.42 Å². The van der Waals surface area contributed by atoms with E-state index in [1.807, 2.05) is 12.1 Å². The number of rotatable bonds is 1. The smallest absolute Gasteiger partial charge is 0.123 e. The van der Waals surface area contributed by atoms with Crippen LogP contribution in [0, 0.1) is 5.92 Å². The van der Waals surface area contributed by atoms with Crippen molar-refractivity contribution in [3.8, 4) is 5.75 Å². The van der Waals surface area contributed by atoms with Crippen LogP contribution in [0.25, 0.3) is 0 Å². The first kappa shape index (κ1) is 9.99. The van der Waals surface area contributed by atoms with Crippen molar-refractivity contribution < 1.29 is 4.74 Å². The molecule has 76 valence electrons. The molecule has 1 aliphatic carbocycles. The van der Waals surface area contributed by atoms with Gasteiger partial charge in [-0.15, -0.1) is 0 Å². The lowest BCUT2D eigenvalue weighted by atomic mass is 10.0. The van der Waals surface area contributed by atoms with Crippen LogP contribution in [0.2, 0.25) is 0 Å². The van der Waals surface area contributed by atoms with Crippen molar-refractivity contribution in [2.75, 3.05) is 7.11 Å². The number of hydrogen-bond donors (Lipinski definition) is 1. The van der Waals surface area contributed by atoms with Crippen LogP contribution in [0.4, 0.5) is 0 Å². The summed E-state index contributed by atoms with van der Waals surface area (Å²) in [5, 5.41) is 0. The minimum atomic E-state index is 0.109. The van der Waals surface area contributed by atoms with Crippen LogP contribution >= 0.6 is 15.9 Å². The minimum Gasteiger partial charge on any atom is -0.496 e. The zero-order valence-electron chi connectivity index (χ0n) is 8.38. The Labute approximate surface area is 92.6 Å². The Kier molecular flexibility index (Phi) is 2.54. The monoisotopic (exact) mass is 255 g/mol. The Morgan fingerprint density at radius 2 is 2.21 bits per heavy atom. The maximum atomic E-state index is 6.13. The van der Waals surface area contributed by atoms with E-state index >= 15 is 0 Å². The molecule has 0 bridgehead atoms. The highest BCUT2D eigenvalue weighted by atomic mass is 79.9. The third kappa shape index (κ3) is 1.35. The van der Waals surface area contributed by atoms with E-state index in [1.54, 1.807) is 7.11 Å². The first-order chi connectivity index (χ1) is 6.65. The first-order valence-electron chi connectivity index (χ1n) is 4.76. The third-order valence-electron chi connectivity index (χ3n) is 2.95. The highest BCUT2D eigenvalue weighted by Gasteiger charge is 2.30. The van der Waals surface area contributed by atoms with Crippen molar-refractivity contribution >= 4 is 15.9 Å². The molecule has 1 aliphatic rings. The summed E-state index contributed by atoms with van der Waals surface area (Å²) in [7, 11) is 1.69. The molecule has 0 amide bonds. The summed E-state index contributed by atoms with van der Waals surface area (Å²) in [6.45, 7) is 2.18. The lowest BCUT2D eigenvalue weighted by molar-refractivity contribution is 0.401. The molecule has 0 aromatic heterocycles. The van der Waals surface area contributed by atoms with E-state index in [0.29, 0.717) is 5.92 Å². The van der Waals surface area contributed by atoms with Gasteiger partial charge in [0.2, 0.25) is 0 Å². The van der Waals surface area contributed by atoms with Crippen LogP contribution in [-0.4, -0.2) is 7.11 Å². The number of methoxy groups -OCH3 is 1. The summed E-state index contributed by atoms with van der Waals surface area (Å²) in [6.07, 6.45) is 1.04. The summed E-state index contributed by atoms with van der Waals surface area (Å²) in [5.41, 5.74) is 8.62. The highest BCUT2D eigenvalue weighted by molar-refractivity contribution is 9.10. The largest absolute Gasteiger partial charge is 0.496 e. The van der Waals surface area contributed by atoms with E-state index in [-0.39, 0.29) is 6.04 Å². The fraction of sp³-hybridized carbons (Fsp3) is 0.455. The van der Waals surface area contributed by atoms with Crippen LogP contribution < -0.4 is 10.5 Å². The summed E-state index contributed by atoms with van der Waals surface area (Å²) >= 11 is 3.55. The number of fused-ring (bicyclic) bond motifs is 1. The molecule has 0 fully saturated rings. The van der Waals surface area contributed by atoms with Gasteiger partial charge in [0, 0.05) is 16.1 Å². The molecule has 1 aromatic carbocycles. The molecule has 3 heteroatoms. The topological polar surface area (TPSA) is 35.2 Å². The van der Waals surface area contributed by atoms with E-state index in [9.17, 15) is 0 Å². The Bertz CT molecular complexity index is 365. The maximum Gasteiger partial charge on any atom is 0.123 e. The van der Waals surface area contributed by atoms with Gasteiger partial charge in [-0.2, -0.15) is 0 Å². The van der Waals surface area contributed by atoms with Crippen molar-refractivity contribution in [1.29, 1.82) is 0 Å². The van der Waals surface area contributed by atoms with Crippen LogP contribution in [0.15, 0.2) is 16.6 Å². The van der Waals surface area contributed by atoms with Gasteiger partial charge in [0.25, 0.3) is 0 Å². The summed E-state index contributed by atoms with van der Waals surface area (Å²) in [4.78, 5) is 0. The Morgan fingerprint density at radius 1 is 1.50 bits per heavy atom. The average Bonchev–Trinajstić information content (AvgIpc) is 2.47. The van der Waals surface area contributed by atoms with Gasteiger partial charge in [-0.3, -0.25) is 0 Å². The van der Waals surface area contributed by atoms with Gasteiger partial charge < -0.3 is 10.5 Å². The van der Waals surface area contributed by atoms with Gasteiger partial charge in [0.1, 0.15) is 5.75 Å². The van der Waals surface area contributed by atoms with Gasteiger partial charge in [-0.05, 0) is 30.0 Å². The molecule has 0 aliphatic heterocycles. The molecule has 0 saturated heterocycles. The van der Waals surface area contributed by atoms with Crippen molar-refractivity contribution in [2.45, 2.75) is 19.4 Å². The zero-order valence-corrected chi connectivity index (χ0v) is 9.97. The number of ether oxygens (including phenoxy) is 1. The lowest BCUT2D eigenvalue weighted by Gasteiger charge is -2.13. The van der Waals surface area contributed by atoms with Crippen LogP contribution in [0.3, 0.4) is 0 Å². The lowest BCUT2D eigenvalue weighted by Crippen LogP contribution is -2.14. The van der Waals surface area contributed by atoms with Crippen molar-refractivity contribution in [1.82, 2.24) is 0 Å². The van der Waals surface area contributed by atoms with E-state index in [4.69, 9.17) is 10.5 Å². The molecule has 0 radical (unpaired) electrons. The second kappa shape index (κ2) is 3.55. The molecule has 2 N–H and O–H groups in total. The zero-order chi connectivity index (χ0) is 10.3.